The van der Waals surface area contributed by atoms with Crippen LogP contribution in [0, 0.1) is 11.3 Å². The molecule has 1 aliphatic carbocycles. The Morgan fingerprint density at radius 2 is 2.02 bits per heavy atom. The van der Waals surface area contributed by atoms with E-state index in [1.807, 2.05) is 35.8 Å². The molecule has 2 aromatic heterocycles. The lowest BCUT2D eigenvalue weighted by molar-refractivity contribution is 0.0450. The van der Waals surface area contributed by atoms with Gasteiger partial charge in [-0.1, -0.05) is 6.07 Å². The Balaban J connectivity index is 1.61. The molecule has 3 heterocycles. The van der Waals surface area contributed by atoms with Gasteiger partial charge in [0.25, 0.3) is 11.8 Å². The Labute approximate surface area is 232 Å². The first-order valence-electron chi connectivity index (χ1n) is 13.3. The zero-order chi connectivity index (χ0) is 28.8. The minimum absolute atomic E-state index is 0.121. The van der Waals surface area contributed by atoms with Crippen LogP contribution in [0.25, 0.3) is 0 Å². The molecule has 11 heteroatoms. The molecule has 3 aromatic rings. The molecule has 1 saturated carbocycles. The number of amides is 1. The zero-order valence-electron chi connectivity index (χ0n) is 23.3. The Bertz CT molecular complexity index is 1500. The van der Waals surface area contributed by atoms with Crippen molar-refractivity contribution >= 4 is 11.9 Å². The molecular weight excluding hydrogens is 516 g/mol. The SMILES string of the molecule is CCOc1cc([C@H](C)N2C[C@@]3(CC3(F)F)c3c(CN(C)C)cc(Cn4ccnc4NC)cc3C2=O)ncc1C#N. The van der Waals surface area contributed by atoms with Crippen LogP contribution in [0.5, 0.6) is 5.75 Å². The number of nitrogens with one attached hydrogen (secondary N) is 1. The number of hydrogen-bond donors (Lipinski definition) is 1. The zero-order valence-corrected chi connectivity index (χ0v) is 23.3. The van der Waals surface area contributed by atoms with Crippen LogP contribution in [0.4, 0.5) is 14.7 Å². The number of nitrogens with zero attached hydrogens (tertiary/aromatic N) is 6. The number of anilines is 1. The fourth-order valence-corrected chi connectivity index (χ4v) is 5.81. The molecule has 2 aliphatic rings. The van der Waals surface area contributed by atoms with Crippen LogP contribution in [0.15, 0.2) is 36.8 Å². The number of carbonyl (C=O) groups excluding carboxylic acids is 1. The third-order valence-electron chi connectivity index (χ3n) is 7.77. The summed E-state index contributed by atoms with van der Waals surface area (Å²) in [4.78, 5) is 26.2. The molecule has 40 heavy (non-hydrogen) atoms. The summed E-state index contributed by atoms with van der Waals surface area (Å²) in [5.41, 5.74) is 1.59. The van der Waals surface area contributed by atoms with Gasteiger partial charge in [-0.25, -0.2) is 13.8 Å². The van der Waals surface area contributed by atoms with E-state index in [0.717, 1.165) is 11.1 Å². The van der Waals surface area contributed by atoms with Crippen molar-refractivity contribution in [1.82, 2.24) is 24.3 Å². The van der Waals surface area contributed by atoms with Crippen molar-refractivity contribution in [2.45, 2.75) is 50.7 Å². The van der Waals surface area contributed by atoms with E-state index < -0.39 is 17.4 Å². The number of aromatic nitrogens is 3. The molecular formula is C29H33F2N7O2. The molecule has 1 spiro atoms. The monoisotopic (exact) mass is 549 g/mol. The number of hydrogen-bond acceptors (Lipinski definition) is 7. The van der Waals surface area contributed by atoms with Crippen molar-refractivity contribution in [1.29, 1.82) is 5.26 Å². The lowest BCUT2D eigenvalue weighted by Crippen LogP contribution is -2.47. The van der Waals surface area contributed by atoms with Gasteiger partial charge in [0.2, 0.25) is 5.95 Å². The Morgan fingerprint density at radius 3 is 2.65 bits per heavy atom. The van der Waals surface area contributed by atoms with Crippen molar-refractivity contribution in [2.24, 2.45) is 0 Å². The molecule has 9 nitrogen and oxygen atoms in total. The number of alkyl halides is 2. The predicted octanol–water partition coefficient (Wildman–Crippen LogP) is 4.19. The number of fused-ring (bicyclic) bond motifs is 2. The Kier molecular flexibility index (Phi) is 7.00. The molecule has 1 N–H and O–H groups in total. The van der Waals surface area contributed by atoms with Gasteiger partial charge in [0.1, 0.15) is 17.4 Å². The maximum absolute atomic E-state index is 15.4. The fraction of sp³-hybridized carbons (Fsp3) is 0.448. The normalized spacial score (nSPS) is 19.9. The maximum atomic E-state index is 15.4. The van der Waals surface area contributed by atoms with Gasteiger partial charge in [-0.15, -0.1) is 0 Å². The van der Waals surface area contributed by atoms with Crippen LogP contribution in [0.2, 0.25) is 0 Å². The number of pyridine rings is 1. The highest BCUT2D eigenvalue weighted by atomic mass is 19.3. The molecule has 0 saturated heterocycles. The highest BCUT2D eigenvalue weighted by Crippen LogP contribution is 2.65. The Morgan fingerprint density at radius 1 is 1.27 bits per heavy atom. The second-order valence-electron chi connectivity index (χ2n) is 10.8. The average molecular weight is 550 g/mol. The van der Waals surface area contributed by atoms with Crippen molar-refractivity contribution in [2.75, 3.05) is 39.6 Å². The lowest BCUT2D eigenvalue weighted by Gasteiger charge is -2.40. The predicted molar refractivity (Wildman–Crippen MR) is 146 cm³/mol. The minimum Gasteiger partial charge on any atom is -0.492 e. The molecule has 1 aliphatic heterocycles. The van der Waals surface area contributed by atoms with Crippen LogP contribution >= 0.6 is 0 Å². The first kappa shape index (κ1) is 27.5. The summed E-state index contributed by atoms with van der Waals surface area (Å²) in [5, 5.41) is 12.5. The highest BCUT2D eigenvalue weighted by molar-refractivity contribution is 5.99. The number of benzene rings is 1. The lowest BCUT2D eigenvalue weighted by atomic mass is 9.80. The van der Waals surface area contributed by atoms with E-state index in [4.69, 9.17) is 4.74 Å². The first-order valence-corrected chi connectivity index (χ1v) is 13.3. The summed E-state index contributed by atoms with van der Waals surface area (Å²) >= 11 is 0. The summed E-state index contributed by atoms with van der Waals surface area (Å²) in [7, 11) is 5.55. The van der Waals surface area contributed by atoms with Crippen molar-refractivity contribution in [3.05, 3.63) is 70.3 Å². The molecule has 5 rings (SSSR count). The topological polar surface area (TPSA) is 99.3 Å². The van der Waals surface area contributed by atoms with Crippen molar-refractivity contribution in [3.63, 3.8) is 0 Å². The van der Waals surface area contributed by atoms with Gasteiger partial charge in [0.15, 0.2) is 0 Å². The number of rotatable bonds is 9. The fourth-order valence-electron chi connectivity index (χ4n) is 5.81. The number of halogens is 2. The van der Waals surface area contributed by atoms with Crippen LogP contribution in [-0.4, -0.2) is 70.5 Å². The molecule has 1 amide bonds. The van der Waals surface area contributed by atoms with Crippen LogP contribution in [0.1, 0.15) is 64.6 Å². The molecule has 210 valence electrons. The van der Waals surface area contributed by atoms with Crippen LogP contribution in [-0.2, 0) is 18.5 Å². The van der Waals surface area contributed by atoms with Gasteiger partial charge in [-0.2, -0.15) is 5.26 Å². The van der Waals surface area contributed by atoms with Crippen LogP contribution < -0.4 is 10.1 Å². The summed E-state index contributed by atoms with van der Waals surface area (Å²) in [6.45, 7) is 4.66. The summed E-state index contributed by atoms with van der Waals surface area (Å²) in [6, 6.07) is 6.75. The minimum atomic E-state index is -2.94. The number of nitriles is 1. The number of carbonyl (C=O) groups is 1. The quantitative estimate of drug-likeness (QED) is 0.427. The number of imidazole rings is 1. The van der Waals surface area contributed by atoms with Crippen molar-refractivity contribution < 1.29 is 18.3 Å². The van der Waals surface area contributed by atoms with E-state index in [1.54, 1.807) is 39.2 Å². The summed E-state index contributed by atoms with van der Waals surface area (Å²) in [6.07, 6.45) is 4.59. The summed E-state index contributed by atoms with van der Waals surface area (Å²) < 4.78 is 38.2. The van der Waals surface area contributed by atoms with E-state index in [9.17, 15) is 10.1 Å². The van der Waals surface area contributed by atoms with Crippen LogP contribution in [0.3, 0.4) is 0 Å². The molecule has 0 unspecified atom stereocenters. The Hall–Kier alpha value is -4.04. The van der Waals surface area contributed by atoms with Gasteiger partial charge in [0, 0.05) is 56.8 Å². The largest absolute Gasteiger partial charge is 0.492 e. The maximum Gasteiger partial charge on any atom is 0.260 e. The third-order valence-corrected chi connectivity index (χ3v) is 7.77. The van der Waals surface area contributed by atoms with E-state index in [0.29, 0.717) is 48.2 Å². The van der Waals surface area contributed by atoms with Gasteiger partial charge >= 0.3 is 0 Å². The van der Waals surface area contributed by atoms with E-state index in [2.05, 4.69) is 21.4 Å². The van der Waals surface area contributed by atoms with Gasteiger partial charge in [-0.3, -0.25) is 9.78 Å². The van der Waals surface area contributed by atoms with E-state index >= 15 is 8.78 Å². The van der Waals surface area contributed by atoms with Gasteiger partial charge in [-0.05, 0) is 50.7 Å². The van der Waals surface area contributed by atoms with Gasteiger partial charge < -0.3 is 24.4 Å². The van der Waals surface area contributed by atoms with E-state index in [1.165, 1.54) is 11.1 Å². The molecule has 1 aromatic carbocycles. The second kappa shape index (κ2) is 10.2. The summed E-state index contributed by atoms with van der Waals surface area (Å²) in [5.74, 6) is -2.24. The number of ether oxygens (including phenoxy) is 1. The molecule has 0 radical (unpaired) electrons. The smallest absolute Gasteiger partial charge is 0.260 e. The van der Waals surface area contributed by atoms with E-state index in [-0.39, 0.29) is 24.4 Å². The van der Waals surface area contributed by atoms with Crippen molar-refractivity contribution in [3.8, 4) is 11.8 Å². The third kappa shape index (κ3) is 4.56. The molecule has 1 fully saturated rings. The second-order valence-corrected chi connectivity index (χ2v) is 10.8. The highest BCUT2D eigenvalue weighted by Gasteiger charge is 2.75. The first-order chi connectivity index (χ1) is 19.0. The standard InChI is InChI=1S/C29H33F2N7O2/c1-6-40-24-11-23(35-13-21(24)12-32)18(2)38-17-28(16-29(28,30)31)25-20(15-36(4)5)9-19(10-22(25)26(38)39)14-37-8-7-34-27(37)33-3/h7-11,13,18H,6,14-17H2,1-5H3,(H,33,34)/t18-,28-/m0/s1. The molecule has 2 atom stereocenters. The average Bonchev–Trinajstić information content (AvgIpc) is 3.20. The van der Waals surface area contributed by atoms with Gasteiger partial charge in [0.05, 0.1) is 30.3 Å². The molecule has 0 bridgehead atoms.